The molecule has 0 radical (unpaired) electrons. The van der Waals surface area contributed by atoms with Crippen LogP contribution in [0.2, 0.25) is 19.6 Å². The second kappa shape index (κ2) is 5.07. The van der Waals surface area contributed by atoms with Gasteiger partial charge in [-0.1, -0.05) is 25.2 Å². The molecule has 0 spiro atoms. The van der Waals surface area contributed by atoms with Crippen LogP contribution in [0.1, 0.15) is 13.8 Å². The van der Waals surface area contributed by atoms with Gasteiger partial charge in [0.1, 0.15) is 7.38 Å². The lowest BCUT2D eigenvalue weighted by atomic mass is 10.4. The van der Waals surface area contributed by atoms with Crippen molar-refractivity contribution < 1.29 is 0 Å². The maximum Gasteiger partial charge on any atom is 0.147 e. The van der Waals surface area contributed by atoms with Gasteiger partial charge in [0, 0.05) is 0 Å². The molecule has 0 aromatic heterocycles. The van der Waals surface area contributed by atoms with E-state index in [4.69, 9.17) is 11.1 Å². The molecule has 0 aliphatic carbocycles. The second-order valence-corrected chi connectivity index (χ2v) is 10.8. The smallest absolute Gasteiger partial charge is 0.147 e. The first-order valence-electron chi connectivity index (χ1n) is 3.04. The molecule has 0 saturated heterocycles. The molecule has 0 unspecified atom stereocenters. The third kappa shape index (κ3) is 5280. The quantitative estimate of drug-likeness (QED) is 0.291. The Balaban J connectivity index is 0. The number of allylic oxidation sites excluding steroid dienone is 1. The molecule has 0 aromatic carbocycles. The van der Waals surface area contributed by atoms with E-state index in [9.17, 15) is 0 Å². The normalized spacial score (nSPS) is 9.56. The summed E-state index contributed by atoms with van der Waals surface area (Å²) in [5, 5.41) is 0. The molecule has 0 saturated carbocycles. The summed E-state index contributed by atoms with van der Waals surface area (Å²) in [5.41, 5.74) is 1.17. The summed E-state index contributed by atoms with van der Waals surface area (Å²) in [5.74, 6) is 0. The SMILES string of the molecule is C=C(C)C.C[Si](C)(C)Cl. The van der Waals surface area contributed by atoms with Gasteiger partial charge >= 0.3 is 0 Å². The van der Waals surface area contributed by atoms with Crippen molar-refractivity contribution in [2.24, 2.45) is 0 Å². The first-order chi connectivity index (χ1) is 3.73. The molecule has 2 heteroatoms. The summed E-state index contributed by atoms with van der Waals surface area (Å²) in [4.78, 5) is 0. The molecular weight excluding hydrogens is 148 g/mol. The molecule has 0 rings (SSSR count). The van der Waals surface area contributed by atoms with E-state index in [1.54, 1.807) is 0 Å². The van der Waals surface area contributed by atoms with Crippen molar-refractivity contribution in [1.29, 1.82) is 0 Å². The highest BCUT2D eigenvalue weighted by Gasteiger charge is 2.04. The Labute approximate surface area is 64.6 Å². The molecule has 0 heterocycles. The average molecular weight is 165 g/mol. The maximum atomic E-state index is 5.67. The van der Waals surface area contributed by atoms with E-state index >= 15 is 0 Å². The van der Waals surface area contributed by atoms with Crippen LogP contribution in [0.3, 0.4) is 0 Å². The van der Waals surface area contributed by atoms with Gasteiger partial charge < -0.3 is 0 Å². The van der Waals surface area contributed by atoms with Crippen LogP contribution in [0, 0.1) is 0 Å². The summed E-state index contributed by atoms with van der Waals surface area (Å²) in [6, 6.07) is 0. The summed E-state index contributed by atoms with van der Waals surface area (Å²) >= 11 is 5.67. The van der Waals surface area contributed by atoms with E-state index in [-0.39, 0.29) is 0 Å². The summed E-state index contributed by atoms with van der Waals surface area (Å²) in [6.07, 6.45) is 0. The van der Waals surface area contributed by atoms with Crippen LogP contribution < -0.4 is 0 Å². The van der Waals surface area contributed by atoms with Crippen molar-refractivity contribution in [3.05, 3.63) is 12.2 Å². The third-order valence-electron chi connectivity index (χ3n) is 0. The molecule has 0 aliphatic heterocycles. The van der Waals surface area contributed by atoms with Crippen LogP contribution >= 0.6 is 11.1 Å². The Hall–Kier alpha value is 0.247. The van der Waals surface area contributed by atoms with Gasteiger partial charge in [0.2, 0.25) is 0 Å². The highest BCUT2D eigenvalue weighted by molar-refractivity contribution is 7.18. The fourth-order valence-electron chi connectivity index (χ4n) is 0. The largest absolute Gasteiger partial charge is 0.168 e. The van der Waals surface area contributed by atoms with Crippen LogP contribution in [-0.2, 0) is 0 Å². The first kappa shape index (κ1) is 12.0. The van der Waals surface area contributed by atoms with Gasteiger partial charge in [0.25, 0.3) is 0 Å². The van der Waals surface area contributed by atoms with Gasteiger partial charge in [-0.15, -0.1) is 6.58 Å². The summed E-state index contributed by atoms with van der Waals surface area (Å²) in [6.45, 7) is 13.8. The molecule has 0 bridgehead atoms. The van der Waals surface area contributed by atoms with Gasteiger partial charge in [-0.05, 0) is 13.8 Å². The maximum absolute atomic E-state index is 5.67. The van der Waals surface area contributed by atoms with E-state index in [0.29, 0.717) is 0 Å². The zero-order chi connectivity index (χ0) is 8.08. The third-order valence-corrected chi connectivity index (χ3v) is 0. The second-order valence-electron chi connectivity index (χ2n) is 3.27. The van der Waals surface area contributed by atoms with Crippen molar-refractivity contribution in [3.8, 4) is 0 Å². The van der Waals surface area contributed by atoms with Crippen molar-refractivity contribution in [1.82, 2.24) is 0 Å². The van der Waals surface area contributed by atoms with Crippen molar-refractivity contribution >= 4 is 18.5 Å². The zero-order valence-corrected chi connectivity index (χ0v) is 8.84. The Morgan fingerprint density at radius 1 is 1.22 bits per heavy atom. The Morgan fingerprint density at radius 2 is 1.22 bits per heavy atom. The molecule has 0 fully saturated rings. The fraction of sp³-hybridized carbons (Fsp3) is 0.714. The molecule has 0 aromatic rings. The molecule has 0 aliphatic rings. The molecule has 0 N–H and O–H groups in total. The van der Waals surface area contributed by atoms with Crippen LogP contribution in [-0.4, -0.2) is 7.38 Å². The molecular formula is C7H17ClSi. The number of hydrogen-bond acceptors (Lipinski definition) is 0. The predicted molar refractivity (Wildman–Crippen MR) is 49.7 cm³/mol. The van der Waals surface area contributed by atoms with Crippen molar-refractivity contribution in [3.63, 3.8) is 0 Å². The standard InChI is InChI=1S/C4H8.C3H9ClSi/c1-4(2)3;1-5(2,3)4/h1H2,2-3H3;1-3H3. The summed E-state index contributed by atoms with van der Waals surface area (Å²) < 4.78 is 0. The highest BCUT2D eigenvalue weighted by Crippen LogP contribution is 2.03. The molecule has 0 nitrogen and oxygen atoms in total. The molecule has 0 amide bonds. The van der Waals surface area contributed by atoms with Crippen LogP contribution in [0.5, 0.6) is 0 Å². The van der Waals surface area contributed by atoms with E-state index in [1.165, 1.54) is 5.57 Å². The lowest BCUT2D eigenvalue weighted by Crippen LogP contribution is -2.06. The minimum Gasteiger partial charge on any atom is -0.168 e. The van der Waals surface area contributed by atoms with Crippen LogP contribution in [0.15, 0.2) is 12.2 Å². The fourth-order valence-corrected chi connectivity index (χ4v) is 0. The van der Waals surface area contributed by atoms with Crippen LogP contribution in [0.4, 0.5) is 0 Å². The van der Waals surface area contributed by atoms with E-state index in [0.717, 1.165) is 0 Å². The van der Waals surface area contributed by atoms with Gasteiger partial charge in [-0.2, -0.15) is 11.1 Å². The van der Waals surface area contributed by atoms with Gasteiger partial charge in [-0.25, -0.2) is 0 Å². The predicted octanol–water partition coefficient (Wildman–Crippen LogP) is 3.64. The molecule has 56 valence electrons. The minimum atomic E-state index is -1.14. The Bertz CT molecular complexity index is 71.4. The van der Waals surface area contributed by atoms with Crippen molar-refractivity contribution in [2.45, 2.75) is 33.5 Å². The van der Waals surface area contributed by atoms with E-state index in [1.807, 2.05) is 13.8 Å². The summed E-state index contributed by atoms with van der Waals surface area (Å²) in [7, 11) is -1.14. The minimum absolute atomic E-state index is 1.14. The molecule has 9 heavy (non-hydrogen) atoms. The van der Waals surface area contributed by atoms with E-state index < -0.39 is 7.38 Å². The van der Waals surface area contributed by atoms with Gasteiger partial charge in [0.15, 0.2) is 0 Å². The number of hydrogen-bond donors (Lipinski definition) is 0. The van der Waals surface area contributed by atoms with Gasteiger partial charge in [-0.3, -0.25) is 0 Å². The van der Waals surface area contributed by atoms with Crippen molar-refractivity contribution in [2.75, 3.05) is 0 Å². The highest BCUT2D eigenvalue weighted by atomic mass is 35.6. The Kier molecular flexibility index (Phi) is 6.74. The van der Waals surface area contributed by atoms with E-state index in [2.05, 4.69) is 26.2 Å². The molecule has 0 atom stereocenters. The topological polar surface area (TPSA) is 0 Å². The number of halogens is 1. The first-order valence-corrected chi connectivity index (χ1v) is 7.55. The zero-order valence-electron chi connectivity index (χ0n) is 7.09. The Morgan fingerprint density at radius 3 is 1.22 bits per heavy atom. The lowest BCUT2D eigenvalue weighted by Gasteiger charge is -1.97. The monoisotopic (exact) mass is 164 g/mol. The number of rotatable bonds is 0. The van der Waals surface area contributed by atoms with Crippen LogP contribution in [0.25, 0.3) is 0 Å². The lowest BCUT2D eigenvalue weighted by molar-refractivity contribution is 1.42. The van der Waals surface area contributed by atoms with Gasteiger partial charge in [0.05, 0.1) is 0 Å². The average Bonchev–Trinajstić information content (AvgIpc) is 1.19.